The molecule has 0 saturated heterocycles. The Balaban J connectivity index is 2.42. The molecule has 1 unspecified atom stereocenters. The third-order valence-corrected chi connectivity index (χ3v) is 6.45. The van der Waals surface area contributed by atoms with Crippen LogP contribution >= 0.6 is 0 Å². The first kappa shape index (κ1) is 26.4. The van der Waals surface area contributed by atoms with Gasteiger partial charge in [0.25, 0.3) is 0 Å². The highest BCUT2D eigenvalue weighted by atomic mass is 32.2. The molecular formula is C25H35N3O4S. The summed E-state index contributed by atoms with van der Waals surface area (Å²) < 4.78 is 26.4. The van der Waals surface area contributed by atoms with E-state index in [0.29, 0.717) is 18.7 Å². The third kappa shape index (κ3) is 7.60. The van der Waals surface area contributed by atoms with Crippen LogP contribution in [0.5, 0.6) is 0 Å². The lowest BCUT2D eigenvalue weighted by Crippen LogP contribution is -2.52. The standard InChI is InChI=1S/C25H35N3O4S/c1-6-13-26-25(30)23(7-2)27(17-21-11-9-8-10-12-21)24(29)18-28(33(5,31)32)22-15-19(3)14-20(4)16-22/h8-12,14-16,23H,6-7,13,17-18H2,1-5H3,(H,26,30). The molecule has 0 aliphatic carbocycles. The number of rotatable bonds is 11. The van der Waals surface area contributed by atoms with Crippen molar-refractivity contribution in [1.82, 2.24) is 10.2 Å². The fourth-order valence-electron chi connectivity index (χ4n) is 3.77. The van der Waals surface area contributed by atoms with Crippen LogP contribution in [0, 0.1) is 13.8 Å². The molecule has 33 heavy (non-hydrogen) atoms. The van der Waals surface area contributed by atoms with E-state index >= 15 is 0 Å². The lowest BCUT2D eigenvalue weighted by Gasteiger charge is -2.33. The lowest BCUT2D eigenvalue weighted by atomic mass is 10.1. The van der Waals surface area contributed by atoms with Gasteiger partial charge in [-0.05, 0) is 55.5 Å². The zero-order valence-electron chi connectivity index (χ0n) is 20.2. The molecular weight excluding hydrogens is 438 g/mol. The van der Waals surface area contributed by atoms with Crippen LogP contribution in [0.2, 0.25) is 0 Å². The number of nitrogens with zero attached hydrogens (tertiary/aromatic N) is 2. The monoisotopic (exact) mass is 473 g/mol. The summed E-state index contributed by atoms with van der Waals surface area (Å²) in [6, 6.07) is 14.1. The van der Waals surface area contributed by atoms with Crippen molar-refractivity contribution in [1.29, 1.82) is 0 Å². The maximum atomic E-state index is 13.6. The van der Waals surface area contributed by atoms with Crippen molar-refractivity contribution in [2.24, 2.45) is 0 Å². The van der Waals surface area contributed by atoms with Crippen molar-refractivity contribution in [3.63, 3.8) is 0 Å². The molecule has 0 heterocycles. The van der Waals surface area contributed by atoms with Crippen LogP contribution in [-0.4, -0.2) is 50.5 Å². The molecule has 180 valence electrons. The lowest BCUT2D eigenvalue weighted by molar-refractivity contribution is -0.140. The van der Waals surface area contributed by atoms with Gasteiger partial charge in [-0.2, -0.15) is 0 Å². The molecule has 2 amide bonds. The Morgan fingerprint density at radius 2 is 1.61 bits per heavy atom. The van der Waals surface area contributed by atoms with E-state index < -0.39 is 22.0 Å². The molecule has 2 aromatic rings. The highest BCUT2D eigenvalue weighted by Crippen LogP contribution is 2.22. The van der Waals surface area contributed by atoms with E-state index in [1.165, 1.54) is 4.90 Å². The highest BCUT2D eigenvalue weighted by Gasteiger charge is 2.31. The van der Waals surface area contributed by atoms with Crippen LogP contribution in [0.1, 0.15) is 43.4 Å². The average molecular weight is 474 g/mol. The van der Waals surface area contributed by atoms with Gasteiger partial charge in [0.2, 0.25) is 21.8 Å². The maximum absolute atomic E-state index is 13.6. The van der Waals surface area contributed by atoms with Crippen molar-refractivity contribution in [2.75, 3.05) is 23.7 Å². The van der Waals surface area contributed by atoms with Gasteiger partial charge in [0, 0.05) is 13.1 Å². The van der Waals surface area contributed by atoms with Crippen LogP contribution in [0.25, 0.3) is 0 Å². The van der Waals surface area contributed by atoms with E-state index in [0.717, 1.165) is 33.7 Å². The maximum Gasteiger partial charge on any atom is 0.244 e. The topological polar surface area (TPSA) is 86.8 Å². The molecule has 1 N–H and O–H groups in total. The Kier molecular flexibility index (Phi) is 9.46. The first-order valence-electron chi connectivity index (χ1n) is 11.2. The second-order valence-corrected chi connectivity index (χ2v) is 10.2. The van der Waals surface area contributed by atoms with E-state index in [1.54, 1.807) is 12.1 Å². The molecule has 0 bridgehead atoms. The van der Waals surface area contributed by atoms with E-state index in [-0.39, 0.29) is 19.0 Å². The number of hydrogen-bond donors (Lipinski definition) is 1. The Morgan fingerprint density at radius 3 is 2.12 bits per heavy atom. The van der Waals surface area contributed by atoms with Crippen LogP contribution in [0.3, 0.4) is 0 Å². The molecule has 0 saturated carbocycles. The zero-order valence-corrected chi connectivity index (χ0v) is 21.0. The van der Waals surface area contributed by atoms with E-state index in [1.807, 2.05) is 64.1 Å². The van der Waals surface area contributed by atoms with Gasteiger partial charge in [-0.25, -0.2) is 8.42 Å². The van der Waals surface area contributed by atoms with Crippen molar-refractivity contribution >= 4 is 27.5 Å². The summed E-state index contributed by atoms with van der Waals surface area (Å²) in [6.45, 7) is 7.91. The molecule has 2 rings (SSSR count). The number of nitrogens with one attached hydrogen (secondary N) is 1. The van der Waals surface area contributed by atoms with Gasteiger partial charge in [-0.15, -0.1) is 0 Å². The highest BCUT2D eigenvalue weighted by molar-refractivity contribution is 7.92. The van der Waals surface area contributed by atoms with Gasteiger partial charge in [-0.3, -0.25) is 13.9 Å². The van der Waals surface area contributed by atoms with Gasteiger partial charge in [-0.1, -0.05) is 50.2 Å². The predicted molar refractivity (Wildman–Crippen MR) is 132 cm³/mol. The van der Waals surface area contributed by atoms with Gasteiger partial charge in [0.05, 0.1) is 11.9 Å². The number of carbonyl (C=O) groups is 2. The smallest absolute Gasteiger partial charge is 0.244 e. The molecule has 2 aromatic carbocycles. The molecule has 1 atom stereocenters. The summed E-state index contributed by atoms with van der Waals surface area (Å²) in [7, 11) is -3.73. The first-order chi connectivity index (χ1) is 15.6. The second kappa shape index (κ2) is 11.8. The largest absolute Gasteiger partial charge is 0.354 e. The molecule has 0 aliphatic rings. The Hall–Kier alpha value is -2.87. The van der Waals surface area contributed by atoms with Crippen LogP contribution in [0.4, 0.5) is 5.69 Å². The van der Waals surface area contributed by atoms with Crippen molar-refractivity contribution in [2.45, 2.75) is 53.1 Å². The van der Waals surface area contributed by atoms with Crippen LogP contribution in [-0.2, 0) is 26.2 Å². The summed E-state index contributed by atoms with van der Waals surface area (Å²) in [5, 5.41) is 2.87. The number of amides is 2. The molecule has 0 fully saturated rings. The number of aryl methyl sites for hydroxylation is 2. The first-order valence-corrected chi connectivity index (χ1v) is 13.1. The molecule has 0 aromatic heterocycles. The minimum absolute atomic E-state index is 0.210. The summed E-state index contributed by atoms with van der Waals surface area (Å²) in [6.07, 6.45) is 2.28. The minimum Gasteiger partial charge on any atom is -0.354 e. The summed E-state index contributed by atoms with van der Waals surface area (Å²) in [5.41, 5.74) is 3.10. The Morgan fingerprint density at radius 1 is 1.00 bits per heavy atom. The fourth-order valence-corrected chi connectivity index (χ4v) is 4.61. The zero-order chi connectivity index (χ0) is 24.6. The van der Waals surface area contributed by atoms with Gasteiger partial charge >= 0.3 is 0 Å². The normalized spacial score (nSPS) is 12.2. The summed E-state index contributed by atoms with van der Waals surface area (Å²) in [4.78, 5) is 27.9. The predicted octanol–water partition coefficient (Wildman–Crippen LogP) is 3.40. The number of benzene rings is 2. The van der Waals surface area contributed by atoms with E-state index in [2.05, 4.69) is 5.32 Å². The third-order valence-electron chi connectivity index (χ3n) is 5.30. The quantitative estimate of drug-likeness (QED) is 0.542. The van der Waals surface area contributed by atoms with Crippen molar-refractivity contribution in [3.8, 4) is 0 Å². The second-order valence-electron chi connectivity index (χ2n) is 8.34. The number of sulfonamides is 1. The number of carbonyl (C=O) groups excluding carboxylic acids is 2. The van der Waals surface area contributed by atoms with E-state index in [4.69, 9.17) is 0 Å². The van der Waals surface area contributed by atoms with Gasteiger partial charge in [0.15, 0.2) is 0 Å². The molecule has 8 heteroatoms. The van der Waals surface area contributed by atoms with Crippen LogP contribution < -0.4 is 9.62 Å². The van der Waals surface area contributed by atoms with Crippen LogP contribution in [0.15, 0.2) is 48.5 Å². The average Bonchev–Trinajstić information content (AvgIpc) is 2.74. The summed E-state index contributed by atoms with van der Waals surface area (Å²) >= 11 is 0. The van der Waals surface area contributed by atoms with Gasteiger partial charge < -0.3 is 10.2 Å². The summed E-state index contributed by atoms with van der Waals surface area (Å²) in [5.74, 6) is -0.664. The van der Waals surface area contributed by atoms with Gasteiger partial charge in [0.1, 0.15) is 12.6 Å². The number of hydrogen-bond acceptors (Lipinski definition) is 4. The molecule has 0 spiro atoms. The van der Waals surface area contributed by atoms with Crippen molar-refractivity contribution in [3.05, 3.63) is 65.2 Å². The minimum atomic E-state index is -3.73. The molecule has 0 radical (unpaired) electrons. The SMILES string of the molecule is CCCNC(=O)C(CC)N(Cc1ccccc1)C(=O)CN(c1cc(C)cc(C)c1)S(C)(=O)=O. The van der Waals surface area contributed by atoms with E-state index in [9.17, 15) is 18.0 Å². The molecule has 0 aliphatic heterocycles. The number of anilines is 1. The molecule has 7 nitrogen and oxygen atoms in total. The Bertz CT molecular complexity index is 1030. The van der Waals surface area contributed by atoms with Crippen molar-refractivity contribution < 1.29 is 18.0 Å². The fraction of sp³-hybridized carbons (Fsp3) is 0.440. The Labute approximate surface area is 197 Å².